The molecule has 0 unspecified atom stereocenters. The molecule has 1 rings (SSSR count). The summed E-state index contributed by atoms with van der Waals surface area (Å²) in [5, 5.41) is 8.79. The Morgan fingerprint density at radius 2 is 1.94 bits per heavy atom. The molecule has 17 heavy (non-hydrogen) atoms. The Morgan fingerprint density at radius 3 is 2.41 bits per heavy atom. The van der Waals surface area contributed by atoms with Gasteiger partial charge in [0.2, 0.25) is 0 Å². The van der Waals surface area contributed by atoms with Gasteiger partial charge in [0.1, 0.15) is 0 Å². The maximum absolute atomic E-state index is 6.34. The van der Waals surface area contributed by atoms with Crippen molar-refractivity contribution < 1.29 is 0 Å². The molecule has 0 spiro atoms. The minimum absolute atomic E-state index is 0.289. The fourth-order valence-electron chi connectivity index (χ4n) is 1.74. The highest BCUT2D eigenvalue weighted by Crippen LogP contribution is 2.21. The summed E-state index contributed by atoms with van der Waals surface area (Å²) in [4.78, 5) is 0. The third-order valence-corrected chi connectivity index (χ3v) is 3.08. The standard InChI is InChI=1S/C13H24ClN3/c1-6-10-12(14)11(17(7-2)16-10)8-15-9-13(3,4)5/h15H,6-9H2,1-5H3. The van der Waals surface area contributed by atoms with Crippen LogP contribution in [-0.2, 0) is 19.5 Å². The normalized spacial score (nSPS) is 12.1. The Labute approximate surface area is 110 Å². The molecule has 0 saturated heterocycles. The zero-order valence-electron chi connectivity index (χ0n) is 11.6. The van der Waals surface area contributed by atoms with E-state index in [-0.39, 0.29) is 5.41 Å². The van der Waals surface area contributed by atoms with E-state index in [9.17, 15) is 0 Å². The molecule has 0 aliphatic rings. The van der Waals surface area contributed by atoms with Crippen LogP contribution in [0.15, 0.2) is 0 Å². The molecule has 1 aromatic rings. The van der Waals surface area contributed by atoms with Crippen LogP contribution in [0.25, 0.3) is 0 Å². The van der Waals surface area contributed by atoms with E-state index in [2.05, 4.69) is 45.0 Å². The molecule has 0 radical (unpaired) electrons. The van der Waals surface area contributed by atoms with Crippen LogP contribution in [0.4, 0.5) is 0 Å². The van der Waals surface area contributed by atoms with Gasteiger partial charge in [0.05, 0.1) is 16.4 Å². The van der Waals surface area contributed by atoms with Crippen molar-refractivity contribution in [3.63, 3.8) is 0 Å². The minimum Gasteiger partial charge on any atom is -0.311 e. The summed E-state index contributed by atoms with van der Waals surface area (Å²) in [7, 11) is 0. The molecule has 1 aromatic heterocycles. The van der Waals surface area contributed by atoms with Crippen molar-refractivity contribution in [2.24, 2.45) is 5.41 Å². The Morgan fingerprint density at radius 1 is 1.29 bits per heavy atom. The molecule has 1 heterocycles. The van der Waals surface area contributed by atoms with E-state index in [1.807, 2.05) is 4.68 Å². The fourth-order valence-corrected chi connectivity index (χ4v) is 2.08. The third-order valence-electron chi connectivity index (χ3n) is 2.64. The molecular weight excluding hydrogens is 234 g/mol. The Balaban J connectivity index is 2.72. The molecule has 1 N–H and O–H groups in total. The van der Waals surface area contributed by atoms with Gasteiger partial charge >= 0.3 is 0 Å². The smallest absolute Gasteiger partial charge is 0.0863 e. The first kappa shape index (κ1) is 14.5. The van der Waals surface area contributed by atoms with E-state index in [1.54, 1.807) is 0 Å². The average molecular weight is 258 g/mol. The second-order valence-electron chi connectivity index (χ2n) is 5.54. The number of hydrogen-bond donors (Lipinski definition) is 1. The molecule has 98 valence electrons. The molecule has 3 nitrogen and oxygen atoms in total. The van der Waals surface area contributed by atoms with Gasteiger partial charge in [-0.05, 0) is 18.8 Å². The van der Waals surface area contributed by atoms with Crippen LogP contribution in [0.2, 0.25) is 5.02 Å². The van der Waals surface area contributed by atoms with Gasteiger partial charge in [-0.15, -0.1) is 0 Å². The van der Waals surface area contributed by atoms with E-state index in [4.69, 9.17) is 11.6 Å². The maximum atomic E-state index is 6.34. The summed E-state index contributed by atoms with van der Waals surface area (Å²) in [6, 6.07) is 0. The second kappa shape index (κ2) is 5.87. The first-order valence-corrected chi connectivity index (χ1v) is 6.71. The maximum Gasteiger partial charge on any atom is 0.0863 e. The zero-order valence-corrected chi connectivity index (χ0v) is 12.4. The summed E-state index contributed by atoms with van der Waals surface area (Å²) < 4.78 is 2.00. The number of nitrogens with one attached hydrogen (secondary N) is 1. The number of rotatable bonds is 5. The molecule has 0 aliphatic heterocycles. The van der Waals surface area contributed by atoms with Crippen molar-refractivity contribution in [1.82, 2.24) is 15.1 Å². The topological polar surface area (TPSA) is 29.9 Å². The molecule has 0 aromatic carbocycles. The average Bonchev–Trinajstić information content (AvgIpc) is 2.54. The summed E-state index contributed by atoms with van der Waals surface area (Å²) in [6.45, 7) is 13.5. The van der Waals surface area contributed by atoms with Crippen LogP contribution in [-0.4, -0.2) is 16.3 Å². The van der Waals surface area contributed by atoms with Crippen LogP contribution in [0.3, 0.4) is 0 Å². The van der Waals surface area contributed by atoms with Crippen LogP contribution < -0.4 is 5.32 Å². The molecule has 4 heteroatoms. The van der Waals surface area contributed by atoms with E-state index in [1.165, 1.54) is 0 Å². The van der Waals surface area contributed by atoms with E-state index < -0.39 is 0 Å². The highest BCUT2D eigenvalue weighted by molar-refractivity contribution is 6.31. The van der Waals surface area contributed by atoms with Gasteiger partial charge < -0.3 is 5.32 Å². The number of halogens is 1. The van der Waals surface area contributed by atoms with E-state index in [0.717, 1.165) is 42.5 Å². The largest absolute Gasteiger partial charge is 0.311 e. The Kier molecular flexibility index (Phi) is 5.02. The van der Waals surface area contributed by atoms with Crippen molar-refractivity contribution in [3.05, 3.63) is 16.4 Å². The molecule has 0 atom stereocenters. The summed E-state index contributed by atoms with van der Waals surface area (Å²) in [6.07, 6.45) is 0.887. The van der Waals surface area contributed by atoms with Gasteiger partial charge in [-0.25, -0.2) is 0 Å². The second-order valence-corrected chi connectivity index (χ2v) is 5.92. The van der Waals surface area contributed by atoms with Crippen LogP contribution in [0.5, 0.6) is 0 Å². The van der Waals surface area contributed by atoms with E-state index >= 15 is 0 Å². The highest BCUT2D eigenvalue weighted by Gasteiger charge is 2.15. The SMILES string of the molecule is CCc1nn(CC)c(CNCC(C)(C)C)c1Cl. The lowest BCUT2D eigenvalue weighted by Gasteiger charge is -2.19. The molecule has 0 amide bonds. The summed E-state index contributed by atoms with van der Waals surface area (Å²) in [5.41, 5.74) is 2.40. The predicted octanol–water partition coefficient (Wildman–Crippen LogP) is 3.25. The minimum atomic E-state index is 0.289. The molecular formula is C13H24ClN3. The van der Waals surface area contributed by atoms with Gasteiger partial charge in [-0.1, -0.05) is 39.3 Å². The van der Waals surface area contributed by atoms with Gasteiger partial charge in [0, 0.05) is 19.6 Å². The van der Waals surface area contributed by atoms with Gasteiger partial charge in [0.15, 0.2) is 0 Å². The van der Waals surface area contributed by atoms with Crippen molar-refractivity contribution in [3.8, 4) is 0 Å². The predicted molar refractivity (Wildman–Crippen MR) is 73.5 cm³/mol. The van der Waals surface area contributed by atoms with Crippen LogP contribution in [0, 0.1) is 5.41 Å². The molecule has 0 saturated carbocycles. The summed E-state index contributed by atoms with van der Waals surface area (Å²) >= 11 is 6.34. The lowest BCUT2D eigenvalue weighted by atomic mass is 9.97. The molecule has 0 fully saturated rings. The van der Waals surface area contributed by atoms with Crippen molar-refractivity contribution in [2.45, 2.75) is 54.1 Å². The third kappa shape index (κ3) is 4.00. The first-order valence-electron chi connectivity index (χ1n) is 6.33. The Hall–Kier alpha value is -0.540. The number of nitrogens with zero attached hydrogens (tertiary/aromatic N) is 2. The first-order chi connectivity index (χ1) is 7.89. The van der Waals surface area contributed by atoms with Gasteiger partial charge in [0.25, 0.3) is 0 Å². The van der Waals surface area contributed by atoms with Crippen molar-refractivity contribution >= 4 is 11.6 Å². The van der Waals surface area contributed by atoms with E-state index in [0.29, 0.717) is 0 Å². The van der Waals surface area contributed by atoms with Gasteiger partial charge in [-0.3, -0.25) is 4.68 Å². The number of hydrogen-bond acceptors (Lipinski definition) is 2. The lowest BCUT2D eigenvalue weighted by Crippen LogP contribution is -2.27. The lowest BCUT2D eigenvalue weighted by molar-refractivity contribution is 0.375. The zero-order chi connectivity index (χ0) is 13.1. The monoisotopic (exact) mass is 257 g/mol. The van der Waals surface area contributed by atoms with Crippen LogP contribution >= 0.6 is 11.6 Å². The van der Waals surface area contributed by atoms with Gasteiger partial charge in [-0.2, -0.15) is 5.10 Å². The van der Waals surface area contributed by atoms with Crippen molar-refractivity contribution in [1.29, 1.82) is 0 Å². The molecule has 0 bridgehead atoms. The Bertz CT molecular complexity index is 363. The highest BCUT2D eigenvalue weighted by atomic mass is 35.5. The number of aryl methyl sites for hydroxylation is 2. The quantitative estimate of drug-likeness (QED) is 0.878. The number of aromatic nitrogens is 2. The van der Waals surface area contributed by atoms with Crippen LogP contribution in [0.1, 0.15) is 46.0 Å². The fraction of sp³-hybridized carbons (Fsp3) is 0.769. The van der Waals surface area contributed by atoms with Crippen molar-refractivity contribution in [2.75, 3.05) is 6.54 Å². The summed E-state index contributed by atoms with van der Waals surface area (Å²) in [5.74, 6) is 0. The molecule has 0 aliphatic carbocycles.